The van der Waals surface area contributed by atoms with E-state index < -0.39 is 0 Å². The normalized spacial score (nSPS) is 10.7. The van der Waals surface area contributed by atoms with Crippen molar-refractivity contribution in [2.45, 2.75) is 13.8 Å². The molecule has 0 spiro atoms. The lowest BCUT2D eigenvalue weighted by Crippen LogP contribution is -1.84. The molecule has 2 heterocycles. The third kappa shape index (κ3) is 1.01. The second-order valence-electron chi connectivity index (χ2n) is 2.63. The Bertz CT molecular complexity index is 392. The van der Waals surface area contributed by atoms with Crippen molar-refractivity contribution in [3.8, 4) is 0 Å². The lowest BCUT2D eigenvalue weighted by Gasteiger charge is -1.95. The first-order chi connectivity index (χ1) is 5.27. The fraction of sp³-hybridized carbons (Fsp3) is 0.250. The number of nitrogens with zero attached hydrogens (tertiary/aromatic N) is 2. The zero-order valence-corrected chi connectivity index (χ0v) is 7.27. The molecule has 0 amide bonds. The highest BCUT2D eigenvalue weighted by atomic mass is 32.1. The van der Waals surface area contributed by atoms with E-state index in [0.717, 1.165) is 11.3 Å². The van der Waals surface area contributed by atoms with Gasteiger partial charge in [0.15, 0.2) is 5.65 Å². The summed E-state index contributed by atoms with van der Waals surface area (Å²) < 4.78 is 4.17. The summed E-state index contributed by atoms with van der Waals surface area (Å²) in [5.41, 5.74) is 3.19. The number of pyridine rings is 1. The van der Waals surface area contributed by atoms with Crippen molar-refractivity contribution >= 4 is 22.6 Å². The van der Waals surface area contributed by atoms with E-state index in [1.807, 2.05) is 12.3 Å². The molecule has 0 N–H and O–H groups in total. The van der Waals surface area contributed by atoms with Crippen molar-refractivity contribution in [2.24, 2.45) is 0 Å². The first-order valence-electron chi connectivity index (χ1n) is 3.46. The first kappa shape index (κ1) is 6.73. The molecule has 2 aromatic heterocycles. The quantitative estimate of drug-likeness (QED) is 0.597. The van der Waals surface area contributed by atoms with Crippen molar-refractivity contribution in [3.63, 3.8) is 0 Å². The molecule has 0 unspecified atom stereocenters. The van der Waals surface area contributed by atoms with Gasteiger partial charge in [-0.1, -0.05) is 0 Å². The van der Waals surface area contributed by atoms with Gasteiger partial charge in [0.05, 0.1) is 0 Å². The summed E-state index contributed by atoms with van der Waals surface area (Å²) in [6, 6.07) is 2.08. The molecule has 56 valence electrons. The largest absolute Gasteiger partial charge is 0.233 e. The second kappa shape index (κ2) is 2.27. The van der Waals surface area contributed by atoms with Crippen molar-refractivity contribution < 1.29 is 0 Å². The van der Waals surface area contributed by atoms with E-state index in [1.54, 1.807) is 0 Å². The van der Waals surface area contributed by atoms with Crippen molar-refractivity contribution in [1.82, 2.24) is 9.36 Å². The SMILES string of the molecule is Cc1cc(C)c2csnc2n1. The van der Waals surface area contributed by atoms with Gasteiger partial charge in [-0.15, -0.1) is 0 Å². The molecule has 0 bridgehead atoms. The molecule has 0 radical (unpaired) electrons. The molecular weight excluding hydrogens is 156 g/mol. The van der Waals surface area contributed by atoms with Crippen LogP contribution in [0.1, 0.15) is 11.3 Å². The topological polar surface area (TPSA) is 25.8 Å². The smallest absolute Gasteiger partial charge is 0.173 e. The van der Waals surface area contributed by atoms with Crippen LogP contribution in [0.15, 0.2) is 11.4 Å². The van der Waals surface area contributed by atoms with Crippen LogP contribution >= 0.6 is 11.5 Å². The van der Waals surface area contributed by atoms with E-state index in [0.29, 0.717) is 0 Å². The predicted molar refractivity (Wildman–Crippen MR) is 46.9 cm³/mol. The van der Waals surface area contributed by atoms with Gasteiger partial charge in [-0.05, 0) is 37.0 Å². The molecular formula is C8H8N2S. The minimum absolute atomic E-state index is 0.882. The van der Waals surface area contributed by atoms with Crippen LogP contribution in [-0.4, -0.2) is 9.36 Å². The maximum absolute atomic E-state index is 4.30. The van der Waals surface area contributed by atoms with Gasteiger partial charge < -0.3 is 0 Å². The molecule has 3 heteroatoms. The fourth-order valence-corrected chi connectivity index (χ4v) is 1.86. The second-order valence-corrected chi connectivity index (χ2v) is 3.26. The number of fused-ring (bicyclic) bond motifs is 1. The van der Waals surface area contributed by atoms with Gasteiger partial charge in [0.2, 0.25) is 0 Å². The Kier molecular flexibility index (Phi) is 1.39. The maximum Gasteiger partial charge on any atom is 0.173 e. The molecule has 2 aromatic rings. The number of aryl methyl sites for hydroxylation is 2. The summed E-state index contributed by atoms with van der Waals surface area (Å²) in [6.45, 7) is 4.08. The summed E-state index contributed by atoms with van der Waals surface area (Å²) in [6.07, 6.45) is 0. The Morgan fingerprint density at radius 3 is 3.00 bits per heavy atom. The molecule has 2 rings (SSSR count). The number of rotatable bonds is 0. The molecule has 0 aliphatic rings. The fourth-order valence-electron chi connectivity index (χ4n) is 1.17. The van der Waals surface area contributed by atoms with Gasteiger partial charge in [0, 0.05) is 16.5 Å². The van der Waals surface area contributed by atoms with Gasteiger partial charge in [-0.25, -0.2) is 4.98 Å². The van der Waals surface area contributed by atoms with E-state index in [2.05, 4.69) is 22.3 Å². The molecule has 0 fully saturated rings. The Morgan fingerprint density at radius 2 is 2.18 bits per heavy atom. The molecule has 0 aromatic carbocycles. The van der Waals surface area contributed by atoms with Crippen LogP contribution in [0.3, 0.4) is 0 Å². The zero-order chi connectivity index (χ0) is 7.84. The average Bonchev–Trinajstić information content (AvgIpc) is 2.34. The van der Waals surface area contributed by atoms with Crippen LogP contribution in [0.25, 0.3) is 11.0 Å². The highest BCUT2D eigenvalue weighted by Crippen LogP contribution is 2.17. The molecule has 2 nitrogen and oxygen atoms in total. The third-order valence-electron chi connectivity index (χ3n) is 1.68. The van der Waals surface area contributed by atoms with Crippen molar-refractivity contribution in [3.05, 3.63) is 22.7 Å². The highest BCUT2D eigenvalue weighted by Gasteiger charge is 2.00. The van der Waals surface area contributed by atoms with E-state index in [4.69, 9.17) is 0 Å². The molecule has 0 aliphatic heterocycles. The van der Waals surface area contributed by atoms with Crippen molar-refractivity contribution in [1.29, 1.82) is 0 Å². The van der Waals surface area contributed by atoms with E-state index in [-0.39, 0.29) is 0 Å². The van der Waals surface area contributed by atoms with Crippen molar-refractivity contribution in [2.75, 3.05) is 0 Å². The summed E-state index contributed by atoms with van der Waals surface area (Å²) in [7, 11) is 0. The van der Waals surface area contributed by atoms with Crippen LogP contribution in [0, 0.1) is 13.8 Å². The minimum atomic E-state index is 0.882. The van der Waals surface area contributed by atoms with Gasteiger partial charge in [-0.2, -0.15) is 4.37 Å². The molecule has 11 heavy (non-hydrogen) atoms. The molecule has 0 saturated carbocycles. The summed E-state index contributed by atoms with van der Waals surface area (Å²) in [4.78, 5) is 4.30. The Balaban J connectivity index is 2.91. The summed E-state index contributed by atoms with van der Waals surface area (Å²) in [5.74, 6) is 0. The van der Waals surface area contributed by atoms with E-state index in [1.165, 1.54) is 22.5 Å². The Hall–Kier alpha value is -0.960. The summed E-state index contributed by atoms with van der Waals surface area (Å²) >= 11 is 1.46. The monoisotopic (exact) mass is 164 g/mol. The predicted octanol–water partition coefficient (Wildman–Crippen LogP) is 2.31. The van der Waals surface area contributed by atoms with Crippen LogP contribution in [0.2, 0.25) is 0 Å². The van der Waals surface area contributed by atoms with E-state index in [9.17, 15) is 0 Å². The lowest BCUT2D eigenvalue weighted by atomic mass is 10.2. The minimum Gasteiger partial charge on any atom is -0.233 e. The van der Waals surface area contributed by atoms with Crippen LogP contribution in [-0.2, 0) is 0 Å². The standard InChI is InChI=1S/C8H8N2S/c1-5-3-6(2)9-8-7(5)4-11-10-8/h3-4H,1-2H3. The molecule has 0 saturated heterocycles. The number of hydrogen-bond acceptors (Lipinski definition) is 3. The first-order valence-corrected chi connectivity index (χ1v) is 4.29. The average molecular weight is 164 g/mol. The Morgan fingerprint density at radius 1 is 1.36 bits per heavy atom. The van der Waals surface area contributed by atoms with Gasteiger partial charge in [-0.3, -0.25) is 0 Å². The zero-order valence-electron chi connectivity index (χ0n) is 6.46. The highest BCUT2D eigenvalue weighted by molar-refractivity contribution is 7.04. The Labute approximate surface area is 69.1 Å². The molecule has 0 atom stereocenters. The van der Waals surface area contributed by atoms with E-state index >= 15 is 0 Å². The lowest BCUT2D eigenvalue weighted by molar-refractivity contribution is 1.22. The van der Waals surface area contributed by atoms with Crippen LogP contribution < -0.4 is 0 Å². The molecule has 0 aliphatic carbocycles. The summed E-state index contributed by atoms with van der Waals surface area (Å²) in [5, 5.41) is 3.22. The van der Waals surface area contributed by atoms with Crippen LogP contribution in [0.5, 0.6) is 0 Å². The number of hydrogen-bond donors (Lipinski definition) is 0. The van der Waals surface area contributed by atoms with Crippen LogP contribution in [0.4, 0.5) is 0 Å². The third-order valence-corrected chi connectivity index (χ3v) is 2.30. The van der Waals surface area contributed by atoms with Gasteiger partial charge >= 0.3 is 0 Å². The maximum atomic E-state index is 4.30. The van der Waals surface area contributed by atoms with Gasteiger partial charge in [0.25, 0.3) is 0 Å². The van der Waals surface area contributed by atoms with Gasteiger partial charge in [0.1, 0.15) is 0 Å². The number of aromatic nitrogens is 2.